The zero-order valence-electron chi connectivity index (χ0n) is 23.5. The lowest BCUT2D eigenvalue weighted by atomic mass is 9.63. The summed E-state index contributed by atoms with van der Waals surface area (Å²) in [5.74, 6) is -0.785. The Morgan fingerprint density at radius 2 is 1.89 bits per heavy atom. The Morgan fingerprint density at radius 3 is 2.52 bits per heavy atom. The van der Waals surface area contributed by atoms with Gasteiger partial charge in [0.1, 0.15) is 17.4 Å². The van der Waals surface area contributed by atoms with E-state index in [1.165, 1.54) is 23.2 Å². The van der Waals surface area contributed by atoms with Crippen molar-refractivity contribution in [2.24, 2.45) is 5.73 Å². The summed E-state index contributed by atoms with van der Waals surface area (Å²) in [6.45, 7) is -3.12. The minimum atomic E-state index is -4.91. The Kier molecular flexibility index (Phi) is 6.92. The molecular formula is C30H27F6N5O3. The minimum Gasteiger partial charge on any atom is -0.434 e. The highest BCUT2D eigenvalue weighted by molar-refractivity contribution is 5.96. The van der Waals surface area contributed by atoms with Gasteiger partial charge in [-0.2, -0.15) is 22.0 Å². The van der Waals surface area contributed by atoms with E-state index in [2.05, 4.69) is 9.97 Å². The molecule has 14 heteroatoms. The van der Waals surface area contributed by atoms with E-state index < -0.39 is 54.5 Å². The predicted molar refractivity (Wildman–Crippen MR) is 147 cm³/mol. The lowest BCUT2D eigenvalue weighted by Gasteiger charge is -2.51. The quantitative estimate of drug-likeness (QED) is 0.283. The number of carbonyl (C=O) groups excluding carboxylic acids is 1. The Balaban J connectivity index is 1.39. The van der Waals surface area contributed by atoms with E-state index >= 15 is 4.39 Å². The molecule has 1 atom stereocenters. The standard InChI is InChI=1S/C30H27F6N5O3/c1-40(2)26(42)17-4-3-5-22(44-27(32)33)24(17)20-8-9-23-39-19-7-6-15(11-21(19)41(20)23)16-10-18(31)25(38-12-16)28(37)13-29(43,14-28)30(34,35)36/h3-7,10-12,20,27,43H,8-9,13-14,37H2,1-2H3/t20-,28?,29?/m1/s1. The van der Waals surface area contributed by atoms with E-state index in [4.69, 9.17) is 10.5 Å². The molecule has 8 nitrogen and oxygen atoms in total. The fraction of sp³-hybridized carbons (Fsp3) is 0.367. The molecule has 0 radical (unpaired) electrons. The first-order valence-electron chi connectivity index (χ1n) is 13.7. The third-order valence-corrected chi connectivity index (χ3v) is 8.36. The summed E-state index contributed by atoms with van der Waals surface area (Å²) in [4.78, 5) is 23.2. The van der Waals surface area contributed by atoms with Gasteiger partial charge in [-0.1, -0.05) is 12.1 Å². The van der Waals surface area contributed by atoms with Crippen LogP contribution in [-0.4, -0.2) is 62.9 Å². The van der Waals surface area contributed by atoms with Crippen LogP contribution in [0, 0.1) is 5.82 Å². The van der Waals surface area contributed by atoms with Gasteiger partial charge in [-0.05, 0) is 42.3 Å². The number of alkyl halides is 5. The van der Waals surface area contributed by atoms with Crippen LogP contribution in [0.25, 0.3) is 22.2 Å². The highest BCUT2D eigenvalue weighted by Gasteiger charge is 2.67. The van der Waals surface area contributed by atoms with E-state index in [0.29, 0.717) is 46.4 Å². The second-order valence-electron chi connectivity index (χ2n) is 11.5. The van der Waals surface area contributed by atoms with Crippen molar-refractivity contribution in [3.8, 4) is 16.9 Å². The number of halogens is 6. The maximum atomic E-state index is 15.3. The van der Waals surface area contributed by atoms with Crippen LogP contribution >= 0.6 is 0 Å². The number of ether oxygens (including phenoxy) is 1. The first-order chi connectivity index (χ1) is 20.6. The molecular weight excluding hydrogens is 592 g/mol. The third-order valence-electron chi connectivity index (χ3n) is 8.36. The van der Waals surface area contributed by atoms with Crippen LogP contribution in [0.15, 0.2) is 48.7 Å². The van der Waals surface area contributed by atoms with Crippen molar-refractivity contribution in [3.05, 3.63) is 77.1 Å². The maximum Gasteiger partial charge on any atom is 0.417 e. The van der Waals surface area contributed by atoms with Gasteiger partial charge >= 0.3 is 12.8 Å². The molecule has 2 aromatic carbocycles. The molecule has 1 amide bonds. The normalized spacial score (nSPS) is 23.1. The van der Waals surface area contributed by atoms with Gasteiger partial charge < -0.3 is 25.0 Å². The molecule has 2 aromatic heterocycles. The van der Waals surface area contributed by atoms with Crippen LogP contribution in [-0.2, 0) is 12.0 Å². The number of rotatable bonds is 6. The zero-order chi connectivity index (χ0) is 31.8. The van der Waals surface area contributed by atoms with Crippen LogP contribution in [0.1, 0.15) is 52.7 Å². The zero-order valence-corrected chi connectivity index (χ0v) is 23.5. The van der Waals surface area contributed by atoms with Crippen LogP contribution in [0.3, 0.4) is 0 Å². The number of hydrogen-bond donors (Lipinski definition) is 2. The molecule has 1 fully saturated rings. The Bertz CT molecular complexity index is 1780. The molecule has 0 spiro atoms. The number of pyridine rings is 1. The van der Waals surface area contributed by atoms with Gasteiger partial charge in [-0.15, -0.1) is 0 Å². The van der Waals surface area contributed by atoms with Crippen molar-refractivity contribution in [1.29, 1.82) is 0 Å². The number of imidazole rings is 1. The molecule has 2 aliphatic rings. The molecule has 3 heterocycles. The van der Waals surface area contributed by atoms with Gasteiger partial charge in [0.2, 0.25) is 0 Å². The number of hydrogen-bond acceptors (Lipinski definition) is 6. The van der Waals surface area contributed by atoms with E-state index in [-0.39, 0.29) is 17.0 Å². The SMILES string of the molecule is CN(C)C(=O)c1cccc(OC(F)F)c1[C@H]1CCc2nc3ccc(-c4cnc(C5(N)CC(O)(C(F)(F)F)C5)c(F)c4)cc3n21. The monoisotopic (exact) mass is 619 g/mol. The van der Waals surface area contributed by atoms with E-state index in [1.807, 2.05) is 4.57 Å². The fourth-order valence-electron chi connectivity index (χ4n) is 6.35. The molecule has 44 heavy (non-hydrogen) atoms. The highest BCUT2D eigenvalue weighted by Crippen LogP contribution is 2.54. The third kappa shape index (κ3) is 4.76. The lowest BCUT2D eigenvalue weighted by molar-refractivity contribution is -0.304. The molecule has 1 saturated carbocycles. The molecule has 0 bridgehead atoms. The maximum absolute atomic E-state index is 15.3. The van der Waals surface area contributed by atoms with Gasteiger partial charge in [0, 0.05) is 56.2 Å². The van der Waals surface area contributed by atoms with Crippen LogP contribution in [0.2, 0.25) is 0 Å². The smallest absolute Gasteiger partial charge is 0.417 e. The predicted octanol–water partition coefficient (Wildman–Crippen LogP) is 5.32. The topological polar surface area (TPSA) is 106 Å². The van der Waals surface area contributed by atoms with E-state index in [0.717, 1.165) is 6.07 Å². The summed E-state index contributed by atoms with van der Waals surface area (Å²) in [7, 11) is 3.11. The molecule has 3 N–H and O–H groups in total. The van der Waals surface area contributed by atoms with Crippen molar-refractivity contribution in [2.75, 3.05) is 14.1 Å². The van der Waals surface area contributed by atoms with Crippen LogP contribution in [0.4, 0.5) is 26.3 Å². The number of nitrogens with zero attached hydrogens (tertiary/aromatic N) is 4. The lowest BCUT2D eigenvalue weighted by Crippen LogP contribution is -2.66. The summed E-state index contributed by atoms with van der Waals surface area (Å²) < 4.78 is 88.2. The van der Waals surface area contributed by atoms with Crippen molar-refractivity contribution >= 4 is 16.9 Å². The summed E-state index contributed by atoms with van der Waals surface area (Å²) in [5.41, 5.74) is 3.30. The minimum absolute atomic E-state index is 0.130. The number of aliphatic hydroxyl groups is 1. The van der Waals surface area contributed by atoms with Crippen molar-refractivity contribution < 1.29 is 41.0 Å². The number of amides is 1. The number of carbonyl (C=O) groups is 1. The van der Waals surface area contributed by atoms with Gasteiger partial charge in [0.05, 0.1) is 28.3 Å². The largest absolute Gasteiger partial charge is 0.434 e. The molecule has 0 saturated heterocycles. The van der Waals surface area contributed by atoms with E-state index in [1.54, 1.807) is 38.4 Å². The van der Waals surface area contributed by atoms with Crippen molar-refractivity contribution in [3.63, 3.8) is 0 Å². The molecule has 0 unspecified atom stereocenters. The molecule has 6 rings (SSSR count). The van der Waals surface area contributed by atoms with Gasteiger partial charge in [-0.25, -0.2) is 9.37 Å². The number of aromatic nitrogens is 3. The fourth-order valence-corrected chi connectivity index (χ4v) is 6.35. The molecule has 4 aromatic rings. The average molecular weight is 620 g/mol. The van der Waals surface area contributed by atoms with E-state index in [9.17, 15) is 31.9 Å². The number of benzene rings is 2. The molecule has 1 aliphatic heterocycles. The Hall–Kier alpha value is -4.17. The van der Waals surface area contributed by atoms with Crippen molar-refractivity contribution in [2.45, 2.75) is 55.7 Å². The Morgan fingerprint density at radius 1 is 1.16 bits per heavy atom. The number of aryl methyl sites for hydroxylation is 1. The highest BCUT2D eigenvalue weighted by atomic mass is 19.4. The summed E-state index contributed by atoms with van der Waals surface area (Å²) in [5, 5.41) is 9.83. The first-order valence-corrected chi connectivity index (χ1v) is 13.7. The second kappa shape index (κ2) is 10.2. The summed E-state index contributed by atoms with van der Waals surface area (Å²) in [6, 6.07) is 10.0. The van der Waals surface area contributed by atoms with Gasteiger partial charge in [0.25, 0.3) is 5.91 Å². The first kappa shape index (κ1) is 29.9. The average Bonchev–Trinajstić information content (AvgIpc) is 3.49. The van der Waals surface area contributed by atoms with Crippen LogP contribution in [0.5, 0.6) is 5.75 Å². The number of fused-ring (bicyclic) bond motifs is 3. The Labute approximate surface area is 247 Å². The van der Waals surface area contributed by atoms with Crippen molar-refractivity contribution in [1.82, 2.24) is 19.4 Å². The van der Waals surface area contributed by atoms with Gasteiger partial charge in [0.15, 0.2) is 5.60 Å². The molecule has 232 valence electrons. The molecule has 1 aliphatic carbocycles. The summed E-state index contributed by atoms with van der Waals surface area (Å²) >= 11 is 0. The van der Waals surface area contributed by atoms with Gasteiger partial charge in [-0.3, -0.25) is 9.78 Å². The van der Waals surface area contributed by atoms with Crippen LogP contribution < -0.4 is 10.5 Å². The number of nitrogens with two attached hydrogens (primary N) is 1. The summed E-state index contributed by atoms with van der Waals surface area (Å²) in [6.07, 6.45) is -4.52. The second-order valence-corrected chi connectivity index (χ2v) is 11.5.